The number of rotatable bonds is 16. The van der Waals surface area contributed by atoms with Gasteiger partial charge in [-0.05, 0) is 51.7 Å². The Morgan fingerprint density at radius 1 is 1.13 bits per heavy atom. The van der Waals surface area contributed by atoms with E-state index < -0.39 is 29.4 Å². The number of carbonyl (C=O) groups is 3. The molecule has 1 fully saturated rings. The van der Waals surface area contributed by atoms with E-state index in [1.54, 1.807) is 20.8 Å². The van der Waals surface area contributed by atoms with Crippen LogP contribution in [0.15, 0.2) is 47.1 Å². The fraction of sp³-hybridized carbons (Fsp3) is 0.484. The first-order valence-corrected chi connectivity index (χ1v) is 14.9. The van der Waals surface area contributed by atoms with Crippen LogP contribution in [0.1, 0.15) is 73.6 Å². The normalized spacial score (nSPS) is 13.9. The van der Waals surface area contributed by atoms with Crippen molar-refractivity contribution < 1.29 is 33.1 Å². The van der Waals surface area contributed by atoms with E-state index in [2.05, 4.69) is 31.3 Å². The van der Waals surface area contributed by atoms with E-state index >= 15 is 0 Å². The zero-order valence-electron chi connectivity index (χ0n) is 26.4. The predicted molar refractivity (Wildman–Crippen MR) is 169 cm³/mol. The third-order valence-electron chi connectivity index (χ3n) is 6.62. The molecule has 0 aliphatic heterocycles. The standard InChI is InChI=1S/C31H41N7O7.ClH/c1-31(2,3)44-25(39)17-22(28(40)33-15-13-24-35-27(38-45-24)20-10-11-20)36-37-29(41)26-23(12-14-34-30(26)42-4)43-18-21(32)16-19-8-6-5-7-9-19;/h5-9,12,14,20-22,36H,10-11,13,15-18,32H2,1-4H3,(H,33,40)(H,37,41);1H/t21-,22+;/m1./s1. The molecule has 5 N–H and O–H groups in total. The number of hydrazine groups is 1. The molecule has 2 aromatic heterocycles. The minimum Gasteiger partial charge on any atom is -0.491 e. The van der Waals surface area contributed by atoms with Crippen LogP contribution >= 0.6 is 12.4 Å². The molecule has 1 aliphatic carbocycles. The molecule has 2 heterocycles. The summed E-state index contributed by atoms with van der Waals surface area (Å²) in [5, 5.41) is 6.71. The third-order valence-corrected chi connectivity index (χ3v) is 6.62. The van der Waals surface area contributed by atoms with Crippen molar-refractivity contribution in [3.8, 4) is 11.6 Å². The van der Waals surface area contributed by atoms with Gasteiger partial charge in [-0.1, -0.05) is 35.5 Å². The number of halogens is 1. The number of hydrogen-bond donors (Lipinski definition) is 4. The van der Waals surface area contributed by atoms with Crippen molar-refractivity contribution in [3.05, 3.63) is 65.4 Å². The molecule has 0 unspecified atom stereocenters. The number of amides is 2. The van der Waals surface area contributed by atoms with Gasteiger partial charge in [-0.15, -0.1) is 12.4 Å². The van der Waals surface area contributed by atoms with Gasteiger partial charge in [0.1, 0.15) is 29.6 Å². The Morgan fingerprint density at radius 2 is 1.87 bits per heavy atom. The summed E-state index contributed by atoms with van der Waals surface area (Å²) in [5.74, 6) is -0.275. The molecule has 1 aromatic carbocycles. The molecule has 14 nitrogen and oxygen atoms in total. The number of nitrogens with two attached hydrogens (primary N) is 1. The van der Waals surface area contributed by atoms with Crippen LogP contribution in [0.2, 0.25) is 0 Å². The topological polar surface area (TPSA) is 193 Å². The Hall–Kier alpha value is -4.27. The van der Waals surface area contributed by atoms with E-state index in [-0.39, 0.29) is 55.2 Å². The van der Waals surface area contributed by atoms with Gasteiger partial charge in [-0.3, -0.25) is 19.8 Å². The Balaban J connectivity index is 0.00000576. The highest BCUT2D eigenvalue weighted by Crippen LogP contribution is 2.38. The minimum atomic E-state index is -1.18. The van der Waals surface area contributed by atoms with Gasteiger partial charge in [0.05, 0.1) is 13.5 Å². The van der Waals surface area contributed by atoms with Gasteiger partial charge in [0, 0.05) is 31.1 Å². The van der Waals surface area contributed by atoms with Crippen LogP contribution in [0.3, 0.4) is 0 Å². The van der Waals surface area contributed by atoms with E-state index in [1.807, 2.05) is 30.3 Å². The van der Waals surface area contributed by atoms with Gasteiger partial charge < -0.3 is 29.8 Å². The van der Waals surface area contributed by atoms with Crippen molar-refractivity contribution in [1.82, 2.24) is 31.3 Å². The number of ether oxygens (including phenoxy) is 3. The quantitative estimate of drug-likeness (QED) is 0.130. The van der Waals surface area contributed by atoms with Crippen LogP contribution in [-0.4, -0.2) is 70.9 Å². The smallest absolute Gasteiger partial charge is 0.308 e. The number of aromatic nitrogens is 3. The molecule has 1 aliphatic rings. The highest BCUT2D eigenvalue weighted by Gasteiger charge is 2.30. The van der Waals surface area contributed by atoms with Crippen molar-refractivity contribution in [1.29, 1.82) is 0 Å². The average molecular weight is 660 g/mol. The third kappa shape index (κ3) is 11.3. The number of esters is 1. The summed E-state index contributed by atoms with van der Waals surface area (Å²) in [5.41, 5.74) is 11.7. The highest BCUT2D eigenvalue weighted by atomic mass is 35.5. The highest BCUT2D eigenvalue weighted by molar-refractivity contribution is 5.99. The second kappa shape index (κ2) is 16.9. The zero-order valence-corrected chi connectivity index (χ0v) is 27.2. The maximum Gasteiger partial charge on any atom is 0.308 e. The molecule has 0 bridgehead atoms. The molecule has 0 saturated heterocycles. The Kier molecular flexibility index (Phi) is 13.3. The van der Waals surface area contributed by atoms with Crippen molar-refractivity contribution in [3.63, 3.8) is 0 Å². The molecule has 2 atom stereocenters. The van der Waals surface area contributed by atoms with Crippen LogP contribution in [0.4, 0.5) is 0 Å². The number of carbonyl (C=O) groups excluding carboxylic acids is 3. The number of benzene rings is 1. The van der Waals surface area contributed by atoms with Gasteiger partial charge in [0.15, 0.2) is 5.82 Å². The SMILES string of the molecule is COc1nccc(OC[C@H](N)Cc2ccccc2)c1C(=O)NN[C@@H](CC(=O)OC(C)(C)C)C(=O)NCCc1nc(C2CC2)no1.Cl. The number of methoxy groups -OCH3 is 1. The average Bonchev–Trinajstić information content (AvgIpc) is 3.75. The largest absolute Gasteiger partial charge is 0.491 e. The first-order valence-electron chi connectivity index (χ1n) is 14.9. The van der Waals surface area contributed by atoms with Gasteiger partial charge in [0.25, 0.3) is 5.91 Å². The lowest BCUT2D eigenvalue weighted by atomic mass is 10.1. The van der Waals surface area contributed by atoms with E-state index in [0.29, 0.717) is 30.5 Å². The summed E-state index contributed by atoms with van der Waals surface area (Å²) in [6.45, 7) is 5.44. The molecule has 15 heteroatoms. The lowest BCUT2D eigenvalue weighted by Crippen LogP contribution is -2.53. The number of pyridine rings is 1. The Bertz CT molecular complexity index is 1440. The lowest BCUT2D eigenvalue weighted by molar-refractivity contribution is -0.156. The summed E-state index contributed by atoms with van der Waals surface area (Å²) >= 11 is 0. The first kappa shape index (κ1) is 36.2. The molecular formula is C31H42ClN7O7. The van der Waals surface area contributed by atoms with Crippen LogP contribution in [0, 0.1) is 0 Å². The van der Waals surface area contributed by atoms with E-state index in [0.717, 1.165) is 18.4 Å². The maximum absolute atomic E-state index is 13.4. The summed E-state index contributed by atoms with van der Waals surface area (Å²) in [4.78, 5) is 47.7. The lowest BCUT2D eigenvalue weighted by Gasteiger charge is -2.23. The number of nitrogens with zero attached hydrogens (tertiary/aromatic N) is 3. The summed E-state index contributed by atoms with van der Waals surface area (Å²) in [6.07, 6.45) is 4.03. The van der Waals surface area contributed by atoms with Crippen LogP contribution < -0.4 is 31.4 Å². The molecule has 2 amide bonds. The van der Waals surface area contributed by atoms with Gasteiger partial charge in [0.2, 0.25) is 17.7 Å². The van der Waals surface area contributed by atoms with Gasteiger partial charge in [-0.2, -0.15) is 4.98 Å². The summed E-state index contributed by atoms with van der Waals surface area (Å²) < 4.78 is 21.9. The molecule has 3 aromatic rings. The fourth-order valence-corrected chi connectivity index (χ4v) is 4.35. The minimum absolute atomic E-state index is 0. The van der Waals surface area contributed by atoms with Gasteiger partial charge >= 0.3 is 5.97 Å². The van der Waals surface area contributed by atoms with E-state index in [9.17, 15) is 14.4 Å². The monoisotopic (exact) mass is 659 g/mol. The summed E-state index contributed by atoms with van der Waals surface area (Å²) in [7, 11) is 1.37. The molecule has 1 saturated carbocycles. The molecule has 46 heavy (non-hydrogen) atoms. The second-order valence-electron chi connectivity index (χ2n) is 11.8. The second-order valence-corrected chi connectivity index (χ2v) is 11.8. The number of nitrogens with one attached hydrogen (secondary N) is 3. The molecule has 250 valence electrons. The molecule has 0 radical (unpaired) electrons. The maximum atomic E-state index is 13.4. The zero-order chi connectivity index (χ0) is 32.4. The van der Waals surface area contributed by atoms with Crippen molar-refractivity contribution in [2.45, 2.75) is 76.5 Å². The van der Waals surface area contributed by atoms with Crippen molar-refractivity contribution >= 4 is 30.2 Å². The molecule has 4 rings (SSSR count). The fourth-order valence-electron chi connectivity index (χ4n) is 4.35. The van der Waals surface area contributed by atoms with E-state index in [1.165, 1.54) is 19.4 Å². The summed E-state index contributed by atoms with van der Waals surface area (Å²) in [6, 6.07) is 9.72. The predicted octanol–water partition coefficient (Wildman–Crippen LogP) is 2.41. The molecular weight excluding hydrogens is 618 g/mol. The van der Waals surface area contributed by atoms with Crippen LogP contribution in [0.25, 0.3) is 0 Å². The van der Waals surface area contributed by atoms with Crippen molar-refractivity contribution in [2.24, 2.45) is 5.73 Å². The van der Waals surface area contributed by atoms with E-state index in [4.69, 9.17) is 24.5 Å². The number of hydrogen-bond acceptors (Lipinski definition) is 12. The Morgan fingerprint density at radius 3 is 2.54 bits per heavy atom. The van der Waals surface area contributed by atoms with Crippen molar-refractivity contribution in [2.75, 3.05) is 20.3 Å². The Labute approximate surface area is 273 Å². The first-order chi connectivity index (χ1) is 21.5. The van der Waals surface area contributed by atoms with Gasteiger partial charge in [-0.25, -0.2) is 10.4 Å². The van der Waals surface area contributed by atoms with Crippen LogP contribution in [-0.2, 0) is 27.2 Å². The molecule has 0 spiro atoms. The van der Waals surface area contributed by atoms with Crippen LogP contribution in [0.5, 0.6) is 11.6 Å².